The minimum Gasteiger partial charge on any atom is -0.473 e. The summed E-state index contributed by atoms with van der Waals surface area (Å²) >= 11 is 5.61. The molecule has 0 spiro atoms. The van der Waals surface area contributed by atoms with Crippen molar-refractivity contribution in [2.75, 3.05) is 6.61 Å². The molecule has 0 heterocycles. The first-order valence-corrected chi connectivity index (χ1v) is 5.56. The Hall–Kier alpha value is -1.29. The maximum Gasteiger partial charge on any atom is 0.349 e. The van der Waals surface area contributed by atoms with Crippen molar-refractivity contribution in [3.05, 3.63) is 29.0 Å². The van der Waals surface area contributed by atoms with Crippen molar-refractivity contribution in [3.63, 3.8) is 0 Å². The Bertz CT molecular complexity index is 418. The molecule has 0 fully saturated rings. The highest BCUT2D eigenvalue weighted by Crippen LogP contribution is 2.25. The summed E-state index contributed by atoms with van der Waals surface area (Å²) in [6.07, 6.45) is 0. The van der Waals surface area contributed by atoms with Gasteiger partial charge in [-0.05, 0) is 39.0 Å². The zero-order valence-corrected chi connectivity index (χ0v) is 10.7. The van der Waals surface area contributed by atoms with Gasteiger partial charge in [0.05, 0.1) is 6.61 Å². The molecule has 1 rings (SSSR count). The molecule has 0 amide bonds. The summed E-state index contributed by atoms with van der Waals surface area (Å²) in [5.74, 6) is -1.20. The molecule has 0 aliphatic carbocycles. The number of hydrogen-bond donors (Lipinski definition) is 0. The highest BCUT2D eigenvalue weighted by molar-refractivity contribution is 6.30. The molecule has 0 aliphatic rings. The van der Waals surface area contributed by atoms with Gasteiger partial charge in [-0.3, -0.25) is 0 Å². The molecule has 0 aliphatic heterocycles. The zero-order chi connectivity index (χ0) is 13.1. The summed E-state index contributed by atoms with van der Waals surface area (Å²) in [6.45, 7) is 4.96. The van der Waals surface area contributed by atoms with Crippen molar-refractivity contribution in [1.29, 1.82) is 0 Å². The second-order valence-electron chi connectivity index (χ2n) is 3.91. The van der Waals surface area contributed by atoms with Gasteiger partial charge in [0.25, 0.3) is 0 Å². The number of ether oxygens (including phenoxy) is 2. The third-order valence-electron chi connectivity index (χ3n) is 2.03. The smallest absolute Gasteiger partial charge is 0.349 e. The largest absolute Gasteiger partial charge is 0.473 e. The lowest BCUT2D eigenvalue weighted by molar-refractivity contribution is -0.158. The van der Waals surface area contributed by atoms with Gasteiger partial charge in [-0.25, -0.2) is 9.18 Å². The number of carbonyl (C=O) groups excluding carboxylic acids is 1. The summed E-state index contributed by atoms with van der Waals surface area (Å²) in [6, 6.07) is 3.98. The molecule has 0 aromatic heterocycles. The number of esters is 1. The average molecular weight is 260 g/mol. The van der Waals surface area contributed by atoms with E-state index in [1.807, 2.05) is 0 Å². The van der Waals surface area contributed by atoms with Crippen LogP contribution in [0.2, 0.25) is 5.02 Å². The monoisotopic (exact) mass is 259 g/mol. The highest BCUT2D eigenvalue weighted by atomic mass is 35.5. The van der Waals surface area contributed by atoms with Crippen LogP contribution >= 0.6 is 11.6 Å². The molecule has 3 nitrogen and oxygen atoms in total. The van der Waals surface area contributed by atoms with Crippen LogP contribution in [0.4, 0.5) is 4.39 Å². The van der Waals surface area contributed by atoms with E-state index in [1.54, 1.807) is 6.92 Å². The van der Waals surface area contributed by atoms with E-state index in [4.69, 9.17) is 21.1 Å². The molecule has 1 aromatic carbocycles. The van der Waals surface area contributed by atoms with Crippen LogP contribution < -0.4 is 4.74 Å². The molecule has 17 heavy (non-hydrogen) atoms. The lowest BCUT2D eigenvalue weighted by Gasteiger charge is -2.24. The fourth-order valence-corrected chi connectivity index (χ4v) is 1.34. The molecule has 0 saturated carbocycles. The quantitative estimate of drug-likeness (QED) is 0.779. The zero-order valence-electron chi connectivity index (χ0n) is 9.92. The number of rotatable bonds is 4. The number of halogens is 2. The van der Waals surface area contributed by atoms with Crippen LogP contribution in [0.3, 0.4) is 0 Å². The van der Waals surface area contributed by atoms with Crippen LogP contribution in [0.15, 0.2) is 18.2 Å². The Labute approximate surface area is 104 Å². The molecule has 0 atom stereocenters. The summed E-state index contributed by atoms with van der Waals surface area (Å²) in [7, 11) is 0. The molecule has 0 saturated heterocycles. The third-order valence-corrected chi connectivity index (χ3v) is 2.26. The van der Waals surface area contributed by atoms with Gasteiger partial charge < -0.3 is 9.47 Å². The molecular formula is C12H14ClFO3. The van der Waals surface area contributed by atoms with Crippen molar-refractivity contribution in [3.8, 4) is 5.75 Å². The van der Waals surface area contributed by atoms with Crippen molar-refractivity contribution >= 4 is 17.6 Å². The number of hydrogen-bond acceptors (Lipinski definition) is 3. The summed E-state index contributed by atoms with van der Waals surface area (Å²) < 4.78 is 23.6. The van der Waals surface area contributed by atoms with Crippen LogP contribution in [-0.2, 0) is 9.53 Å². The van der Waals surface area contributed by atoms with Gasteiger partial charge in [-0.15, -0.1) is 0 Å². The molecular weight excluding hydrogens is 246 g/mol. The first-order valence-electron chi connectivity index (χ1n) is 5.18. The topological polar surface area (TPSA) is 35.5 Å². The van der Waals surface area contributed by atoms with Crippen molar-refractivity contribution in [1.82, 2.24) is 0 Å². The molecule has 0 radical (unpaired) electrons. The van der Waals surface area contributed by atoms with Crippen molar-refractivity contribution in [2.24, 2.45) is 0 Å². The van der Waals surface area contributed by atoms with Crippen LogP contribution in [0.5, 0.6) is 5.75 Å². The normalized spacial score (nSPS) is 11.1. The van der Waals surface area contributed by atoms with Gasteiger partial charge in [0, 0.05) is 5.02 Å². The van der Waals surface area contributed by atoms with E-state index in [2.05, 4.69) is 0 Å². The van der Waals surface area contributed by atoms with Crippen molar-refractivity contribution in [2.45, 2.75) is 26.4 Å². The van der Waals surface area contributed by atoms with Gasteiger partial charge in [0.2, 0.25) is 0 Å². The Morgan fingerprint density at radius 2 is 2.12 bits per heavy atom. The average Bonchev–Trinajstić information content (AvgIpc) is 2.22. The maximum absolute atomic E-state index is 13.5. The lowest BCUT2D eigenvalue weighted by atomic mass is 10.1. The third kappa shape index (κ3) is 3.60. The number of carbonyl (C=O) groups is 1. The predicted octanol–water partition coefficient (Wildman–Crippen LogP) is 3.20. The van der Waals surface area contributed by atoms with Crippen LogP contribution in [0, 0.1) is 5.82 Å². The van der Waals surface area contributed by atoms with Gasteiger partial charge in [-0.1, -0.05) is 11.6 Å². The Morgan fingerprint density at radius 1 is 1.47 bits per heavy atom. The predicted molar refractivity (Wildman–Crippen MR) is 62.8 cm³/mol. The maximum atomic E-state index is 13.5. The van der Waals surface area contributed by atoms with E-state index >= 15 is 0 Å². The lowest BCUT2D eigenvalue weighted by Crippen LogP contribution is -2.40. The minimum atomic E-state index is -1.25. The second kappa shape index (κ2) is 5.36. The van der Waals surface area contributed by atoms with Crippen LogP contribution in [0.1, 0.15) is 20.8 Å². The van der Waals surface area contributed by atoms with Crippen molar-refractivity contribution < 1.29 is 18.7 Å². The molecule has 0 N–H and O–H groups in total. The Balaban J connectivity index is 2.86. The van der Waals surface area contributed by atoms with Crippen LogP contribution in [0.25, 0.3) is 0 Å². The van der Waals surface area contributed by atoms with E-state index < -0.39 is 17.4 Å². The van der Waals surface area contributed by atoms with Crippen LogP contribution in [-0.4, -0.2) is 18.2 Å². The van der Waals surface area contributed by atoms with E-state index in [1.165, 1.54) is 26.0 Å². The number of benzene rings is 1. The fourth-order valence-electron chi connectivity index (χ4n) is 1.18. The second-order valence-corrected chi connectivity index (χ2v) is 4.34. The minimum absolute atomic E-state index is 0.0348. The van der Waals surface area contributed by atoms with E-state index in [9.17, 15) is 9.18 Å². The van der Waals surface area contributed by atoms with E-state index in [-0.39, 0.29) is 17.4 Å². The first kappa shape index (κ1) is 13.8. The molecule has 0 bridgehead atoms. The SMILES string of the molecule is CCOC(=O)C(C)(C)Oc1ccc(Cl)cc1[18F]. The Kier molecular flexibility index (Phi) is 4.34. The summed E-state index contributed by atoms with van der Waals surface area (Å²) in [5, 5.41) is 0.267. The molecule has 0 unspecified atom stereocenters. The standard InChI is InChI=1S/C12H14ClFO3/c1-4-16-11(15)12(2,3)17-10-6-5-8(13)7-9(10)14/h5-7H,4H2,1-3H3/i14-1. The summed E-state index contributed by atoms with van der Waals surface area (Å²) in [4.78, 5) is 11.6. The first-order chi connectivity index (χ1) is 7.86. The molecule has 94 valence electrons. The van der Waals surface area contributed by atoms with Gasteiger partial charge in [-0.2, -0.15) is 0 Å². The van der Waals surface area contributed by atoms with Gasteiger partial charge in [0.1, 0.15) is 0 Å². The molecule has 5 heteroatoms. The highest BCUT2D eigenvalue weighted by Gasteiger charge is 2.32. The van der Waals surface area contributed by atoms with E-state index in [0.717, 1.165) is 6.07 Å². The summed E-state index contributed by atoms with van der Waals surface area (Å²) in [5.41, 5.74) is -1.25. The van der Waals surface area contributed by atoms with E-state index in [0.29, 0.717) is 0 Å². The van der Waals surface area contributed by atoms with Gasteiger partial charge in [0.15, 0.2) is 17.2 Å². The Morgan fingerprint density at radius 3 is 2.65 bits per heavy atom. The fraction of sp³-hybridized carbons (Fsp3) is 0.417. The molecule has 1 aromatic rings. The van der Waals surface area contributed by atoms with Gasteiger partial charge >= 0.3 is 5.97 Å².